The van der Waals surface area contributed by atoms with E-state index in [0.29, 0.717) is 13.1 Å². The average molecular weight is 373 g/mol. The zero-order chi connectivity index (χ0) is 19.2. The molecule has 1 aromatic heterocycles. The Labute approximate surface area is 162 Å². The van der Waals surface area contributed by atoms with E-state index in [9.17, 15) is 9.59 Å². The van der Waals surface area contributed by atoms with Crippen LogP contribution in [0.5, 0.6) is 0 Å². The molecule has 2 heterocycles. The molecule has 2 aliphatic rings. The number of amides is 2. The van der Waals surface area contributed by atoms with Crippen molar-refractivity contribution in [3.8, 4) is 0 Å². The van der Waals surface area contributed by atoms with Crippen molar-refractivity contribution in [1.29, 1.82) is 0 Å². The van der Waals surface area contributed by atoms with Gasteiger partial charge < -0.3 is 15.1 Å². The maximum atomic E-state index is 13.1. The minimum Gasteiger partial charge on any atom is -0.353 e. The number of hydrogen-bond acceptors (Lipinski definition) is 4. The number of carbonyl (C=O) groups is 2. The topological polar surface area (TPSA) is 65.5 Å². The lowest BCUT2D eigenvalue weighted by molar-refractivity contribution is -0.139. The van der Waals surface area contributed by atoms with Gasteiger partial charge in [0.05, 0.1) is 0 Å². The lowest BCUT2D eigenvalue weighted by Gasteiger charge is -2.38. The van der Waals surface area contributed by atoms with Gasteiger partial charge in [0.1, 0.15) is 11.9 Å². The fourth-order valence-corrected chi connectivity index (χ4v) is 4.04. The molecule has 6 nitrogen and oxygen atoms in total. The van der Waals surface area contributed by atoms with Crippen LogP contribution in [0.2, 0.25) is 0 Å². The molecule has 148 valence electrons. The Morgan fingerprint density at radius 1 is 1.07 bits per heavy atom. The number of nitrogens with zero attached hydrogens (tertiary/aromatic N) is 3. The third-order valence-electron chi connectivity index (χ3n) is 5.77. The molecule has 0 aromatic carbocycles. The normalized spacial score (nSPS) is 19.8. The molecular formula is C21H32N4O2. The lowest BCUT2D eigenvalue weighted by Crippen LogP contribution is -2.57. The van der Waals surface area contributed by atoms with Gasteiger partial charge >= 0.3 is 0 Å². The summed E-state index contributed by atoms with van der Waals surface area (Å²) in [5.74, 6) is 1.23. The molecule has 6 heteroatoms. The summed E-state index contributed by atoms with van der Waals surface area (Å²) in [7, 11) is 0. The number of aromatic nitrogens is 1. The van der Waals surface area contributed by atoms with E-state index in [-0.39, 0.29) is 23.7 Å². The maximum absolute atomic E-state index is 13.1. The fourth-order valence-electron chi connectivity index (χ4n) is 4.04. The van der Waals surface area contributed by atoms with Crippen LogP contribution >= 0.6 is 0 Å². The van der Waals surface area contributed by atoms with Crippen LogP contribution in [0.4, 0.5) is 5.82 Å². The second-order valence-corrected chi connectivity index (χ2v) is 8.07. The average Bonchev–Trinajstić information content (AvgIpc) is 2.72. The highest BCUT2D eigenvalue weighted by Crippen LogP contribution is 2.24. The van der Waals surface area contributed by atoms with Crippen molar-refractivity contribution in [3.63, 3.8) is 0 Å². The maximum Gasteiger partial charge on any atom is 0.245 e. The second kappa shape index (κ2) is 9.20. The number of pyridine rings is 1. The quantitative estimate of drug-likeness (QED) is 0.862. The number of carbonyl (C=O) groups excluding carboxylic acids is 2. The molecule has 1 N–H and O–H groups in total. The van der Waals surface area contributed by atoms with Gasteiger partial charge in [0, 0.05) is 38.3 Å². The van der Waals surface area contributed by atoms with Crippen LogP contribution in [0.15, 0.2) is 24.4 Å². The van der Waals surface area contributed by atoms with Crippen molar-refractivity contribution in [2.75, 3.05) is 31.1 Å². The van der Waals surface area contributed by atoms with Crippen molar-refractivity contribution in [3.05, 3.63) is 24.4 Å². The smallest absolute Gasteiger partial charge is 0.245 e. The Morgan fingerprint density at radius 3 is 2.37 bits per heavy atom. The SMILES string of the molecule is CC(C)C(NC(=O)C1CCCCC1)C(=O)N1CCN(c2ccccn2)CC1. The van der Waals surface area contributed by atoms with E-state index in [2.05, 4.69) is 15.2 Å². The monoisotopic (exact) mass is 372 g/mol. The Morgan fingerprint density at radius 2 is 1.78 bits per heavy atom. The first-order valence-corrected chi connectivity index (χ1v) is 10.3. The summed E-state index contributed by atoms with van der Waals surface area (Å²) in [5.41, 5.74) is 0. The van der Waals surface area contributed by atoms with Gasteiger partial charge in [-0.2, -0.15) is 0 Å². The molecular weight excluding hydrogens is 340 g/mol. The molecule has 3 rings (SSSR count). The fraction of sp³-hybridized carbons (Fsp3) is 0.667. The molecule has 27 heavy (non-hydrogen) atoms. The van der Waals surface area contributed by atoms with Gasteiger partial charge in [0.25, 0.3) is 0 Å². The van der Waals surface area contributed by atoms with Gasteiger partial charge in [0.15, 0.2) is 0 Å². The van der Waals surface area contributed by atoms with E-state index in [1.807, 2.05) is 36.9 Å². The zero-order valence-electron chi connectivity index (χ0n) is 16.6. The first kappa shape index (κ1) is 19.6. The summed E-state index contributed by atoms with van der Waals surface area (Å²) in [6.45, 7) is 6.88. The Bertz CT molecular complexity index is 620. The van der Waals surface area contributed by atoms with Crippen LogP contribution in [0.1, 0.15) is 46.0 Å². The first-order chi connectivity index (χ1) is 13.1. The van der Waals surface area contributed by atoms with E-state index in [4.69, 9.17) is 0 Å². The third-order valence-corrected chi connectivity index (χ3v) is 5.77. The summed E-state index contributed by atoms with van der Waals surface area (Å²) < 4.78 is 0. The molecule has 1 aliphatic carbocycles. The van der Waals surface area contributed by atoms with E-state index >= 15 is 0 Å². The van der Waals surface area contributed by atoms with Gasteiger partial charge in [-0.05, 0) is 30.9 Å². The molecule has 1 atom stereocenters. The van der Waals surface area contributed by atoms with Crippen LogP contribution < -0.4 is 10.2 Å². The van der Waals surface area contributed by atoms with E-state index in [0.717, 1.165) is 44.6 Å². The van der Waals surface area contributed by atoms with E-state index < -0.39 is 6.04 Å². The zero-order valence-corrected chi connectivity index (χ0v) is 16.6. The van der Waals surface area contributed by atoms with Crippen molar-refractivity contribution in [2.45, 2.75) is 52.0 Å². The van der Waals surface area contributed by atoms with Crippen molar-refractivity contribution in [2.24, 2.45) is 11.8 Å². The first-order valence-electron chi connectivity index (χ1n) is 10.3. The highest BCUT2D eigenvalue weighted by Gasteiger charge is 2.32. The minimum absolute atomic E-state index is 0.0508. The predicted octanol–water partition coefficient (Wildman–Crippen LogP) is 2.45. The molecule has 1 aliphatic heterocycles. The summed E-state index contributed by atoms with van der Waals surface area (Å²) in [5, 5.41) is 3.07. The number of anilines is 1. The number of piperazine rings is 1. The lowest BCUT2D eigenvalue weighted by atomic mass is 9.88. The molecule has 0 radical (unpaired) electrons. The molecule has 1 aromatic rings. The summed E-state index contributed by atoms with van der Waals surface area (Å²) in [6.07, 6.45) is 7.15. The van der Waals surface area contributed by atoms with Crippen LogP contribution in [0.3, 0.4) is 0 Å². The van der Waals surface area contributed by atoms with Crippen molar-refractivity contribution >= 4 is 17.6 Å². The molecule has 0 bridgehead atoms. The highest BCUT2D eigenvalue weighted by molar-refractivity contribution is 5.89. The summed E-state index contributed by atoms with van der Waals surface area (Å²) >= 11 is 0. The molecule has 1 saturated heterocycles. The predicted molar refractivity (Wildman–Crippen MR) is 106 cm³/mol. The minimum atomic E-state index is -0.430. The number of rotatable bonds is 5. The third kappa shape index (κ3) is 4.99. The van der Waals surface area contributed by atoms with Crippen LogP contribution in [0.25, 0.3) is 0 Å². The highest BCUT2D eigenvalue weighted by atomic mass is 16.2. The Kier molecular flexibility index (Phi) is 6.69. The van der Waals surface area contributed by atoms with Crippen molar-refractivity contribution in [1.82, 2.24) is 15.2 Å². The molecule has 1 saturated carbocycles. The van der Waals surface area contributed by atoms with Gasteiger partial charge in [-0.25, -0.2) is 4.98 Å². The molecule has 2 amide bonds. The van der Waals surface area contributed by atoms with Gasteiger partial charge in [-0.1, -0.05) is 39.2 Å². The molecule has 2 fully saturated rings. The largest absolute Gasteiger partial charge is 0.353 e. The molecule has 1 unspecified atom stereocenters. The number of nitrogens with one attached hydrogen (secondary N) is 1. The second-order valence-electron chi connectivity index (χ2n) is 8.07. The van der Waals surface area contributed by atoms with Gasteiger partial charge in [-0.3, -0.25) is 9.59 Å². The Balaban J connectivity index is 1.56. The van der Waals surface area contributed by atoms with Gasteiger partial charge in [-0.15, -0.1) is 0 Å². The van der Waals surface area contributed by atoms with Crippen LogP contribution in [-0.2, 0) is 9.59 Å². The number of hydrogen-bond donors (Lipinski definition) is 1. The van der Waals surface area contributed by atoms with Crippen LogP contribution in [0, 0.1) is 11.8 Å². The van der Waals surface area contributed by atoms with E-state index in [1.54, 1.807) is 6.20 Å². The van der Waals surface area contributed by atoms with Crippen molar-refractivity contribution < 1.29 is 9.59 Å². The van der Waals surface area contributed by atoms with E-state index in [1.165, 1.54) is 6.42 Å². The summed E-state index contributed by atoms with van der Waals surface area (Å²) in [6, 6.07) is 5.46. The van der Waals surface area contributed by atoms with Crippen LogP contribution in [-0.4, -0.2) is 53.9 Å². The summed E-state index contributed by atoms with van der Waals surface area (Å²) in [4.78, 5) is 34.2. The standard InChI is InChI=1S/C21H32N4O2/c1-16(2)19(23-20(26)17-8-4-3-5-9-17)21(27)25-14-12-24(13-15-25)18-10-6-7-11-22-18/h6-7,10-11,16-17,19H,3-5,8-9,12-15H2,1-2H3,(H,23,26). The van der Waals surface area contributed by atoms with Gasteiger partial charge in [0.2, 0.25) is 11.8 Å². The Hall–Kier alpha value is -2.11. The molecule has 0 spiro atoms.